The number of hydrogen-bond donors (Lipinski definition) is 0. The third-order valence-corrected chi connectivity index (χ3v) is 5.30. The first-order valence-electron chi connectivity index (χ1n) is 8.73. The van der Waals surface area contributed by atoms with Crippen LogP contribution in [0.1, 0.15) is 18.9 Å². The molecule has 0 saturated heterocycles. The Morgan fingerprint density at radius 3 is 2.62 bits per heavy atom. The maximum Gasteiger partial charge on any atom is 0.330 e. The van der Waals surface area contributed by atoms with Gasteiger partial charge in [-0.2, -0.15) is 4.98 Å². The molecule has 0 radical (unpaired) electrons. The lowest BCUT2D eigenvalue weighted by Gasteiger charge is -2.35. The molecule has 0 N–H and O–H groups in total. The highest BCUT2D eigenvalue weighted by atomic mass is 16.5. The van der Waals surface area contributed by atoms with Gasteiger partial charge in [-0.25, -0.2) is 9.78 Å². The highest BCUT2D eigenvalue weighted by Gasteiger charge is 2.36. The minimum atomic E-state index is -0.0233. The lowest BCUT2D eigenvalue weighted by atomic mass is 9.89. The first-order chi connectivity index (χ1) is 12.6. The molecule has 1 aromatic carbocycles. The average Bonchev–Trinajstić information content (AvgIpc) is 3.07. The highest BCUT2D eigenvalue weighted by molar-refractivity contribution is 5.76. The van der Waals surface area contributed by atoms with Gasteiger partial charge in [0.15, 0.2) is 5.65 Å². The minimum absolute atomic E-state index is 0.0233. The van der Waals surface area contributed by atoms with Crippen molar-refractivity contribution in [2.24, 2.45) is 14.1 Å². The molecule has 1 saturated carbocycles. The van der Waals surface area contributed by atoms with Crippen LogP contribution in [0.2, 0.25) is 0 Å². The van der Waals surface area contributed by atoms with Crippen LogP contribution < -0.4 is 10.4 Å². The standard InChI is InChI=1S/C19H19N5O2/c1-22-15-7-4-3-6-14(15)21-18(22)26-13-10-12(11-13)24-17-16(8-5-9-20-17)23(2)19(24)25/h3-9,12-13H,10-11H2,1-2H3/t12-,13-. The van der Waals surface area contributed by atoms with E-state index in [0.717, 1.165) is 35.0 Å². The van der Waals surface area contributed by atoms with E-state index in [2.05, 4.69) is 9.97 Å². The van der Waals surface area contributed by atoms with Crippen molar-refractivity contribution in [2.45, 2.75) is 25.0 Å². The molecular weight excluding hydrogens is 330 g/mol. The molecule has 3 aromatic heterocycles. The lowest BCUT2D eigenvalue weighted by Crippen LogP contribution is -2.40. The van der Waals surface area contributed by atoms with Crippen LogP contribution in [-0.2, 0) is 14.1 Å². The Balaban J connectivity index is 1.39. The summed E-state index contributed by atoms with van der Waals surface area (Å²) in [6, 6.07) is 12.5. The van der Waals surface area contributed by atoms with Gasteiger partial charge in [-0.15, -0.1) is 0 Å². The van der Waals surface area contributed by atoms with Crippen LogP contribution in [0.25, 0.3) is 22.2 Å². The number of aromatic nitrogens is 5. The van der Waals surface area contributed by atoms with E-state index in [9.17, 15) is 4.79 Å². The molecule has 7 heteroatoms. The second-order valence-corrected chi connectivity index (χ2v) is 6.86. The Kier molecular flexibility index (Phi) is 3.19. The number of benzene rings is 1. The molecule has 0 atom stereocenters. The van der Waals surface area contributed by atoms with Gasteiger partial charge in [-0.1, -0.05) is 12.1 Å². The molecule has 0 unspecified atom stereocenters. The monoisotopic (exact) mass is 349 g/mol. The highest BCUT2D eigenvalue weighted by Crippen LogP contribution is 2.36. The average molecular weight is 349 g/mol. The van der Waals surface area contributed by atoms with Crippen molar-refractivity contribution in [1.29, 1.82) is 0 Å². The molecule has 1 fully saturated rings. The Hall–Kier alpha value is -3.09. The molecule has 0 spiro atoms. The first kappa shape index (κ1) is 15.2. The normalized spacial score (nSPS) is 19.8. The van der Waals surface area contributed by atoms with Gasteiger partial charge in [0.05, 0.1) is 16.6 Å². The van der Waals surface area contributed by atoms with Gasteiger partial charge in [0.25, 0.3) is 6.01 Å². The van der Waals surface area contributed by atoms with E-state index in [1.165, 1.54) is 0 Å². The van der Waals surface area contributed by atoms with E-state index in [1.54, 1.807) is 22.4 Å². The summed E-state index contributed by atoms with van der Waals surface area (Å²) in [6.07, 6.45) is 3.34. The molecule has 7 nitrogen and oxygen atoms in total. The van der Waals surface area contributed by atoms with Crippen LogP contribution in [-0.4, -0.2) is 29.8 Å². The Labute approximate surface area is 149 Å². The summed E-state index contributed by atoms with van der Waals surface area (Å²) in [5.74, 6) is 0. The molecule has 3 heterocycles. The Morgan fingerprint density at radius 1 is 1.04 bits per heavy atom. The number of imidazole rings is 2. The fraction of sp³-hybridized carbons (Fsp3) is 0.316. The molecule has 4 aromatic rings. The summed E-state index contributed by atoms with van der Waals surface area (Å²) in [4.78, 5) is 21.5. The van der Waals surface area contributed by atoms with Crippen molar-refractivity contribution >= 4 is 22.2 Å². The van der Waals surface area contributed by atoms with Gasteiger partial charge in [0, 0.05) is 39.2 Å². The van der Waals surface area contributed by atoms with Crippen molar-refractivity contribution in [3.63, 3.8) is 0 Å². The van der Waals surface area contributed by atoms with Crippen molar-refractivity contribution in [1.82, 2.24) is 23.7 Å². The van der Waals surface area contributed by atoms with Crippen molar-refractivity contribution in [3.8, 4) is 6.01 Å². The Bertz CT molecular complexity index is 1180. The third-order valence-electron chi connectivity index (χ3n) is 5.30. The smallest absolute Gasteiger partial charge is 0.330 e. The van der Waals surface area contributed by atoms with Crippen molar-refractivity contribution < 1.29 is 4.74 Å². The van der Waals surface area contributed by atoms with Crippen LogP contribution in [0.4, 0.5) is 0 Å². The van der Waals surface area contributed by atoms with Gasteiger partial charge in [-0.3, -0.25) is 13.7 Å². The predicted molar refractivity (Wildman–Crippen MR) is 98.4 cm³/mol. The summed E-state index contributed by atoms with van der Waals surface area (Å²) in [5.41, 5.74) is 3.55. The first-order valence-corrected chi connectivity index (χ1v) is 8.73. The largest absolute Gasteiger partial charge is 0.461 e. The molecule has 26 heavy (non-hydrogen) atoms. The SMILES string of the molecule is Cn1c(O[C@H]2C[C@H](n3c(=O)n(C)c4cccnc43)C2)nc2ccccc21. The van der Waals surface area contributed by atoms with E-state index in [0.29, 0.717) is 6.01 Å². The third kappa shape index (κ3) is 2.09. The number of ether oxygens (including phenoxy) is 1. The summed E-state index contributed by atoms with van der Waals surface area (Å²) in [7, 11) is 3.74. The second kappa shape index (κ2) is 5.45. The quantitative estimate of drug-likeness (QED) is 0.570. The van der Waals surface area contributed by atoms with Gasteiger partial charge >= 0.3 is 5.69 Å². The molecule has 5 rings (SSSR count). The molecular formula is C19H19N5O2. The zero-order valence-electron chi connectivity index (χ0n) is 14.7. The van der Waals surface area contributed by atoms with Gasteiger partial charge in [0.1, 0.15) is 6.10 Å². The van der Waals surface area contributed by atoms with Crippen LogP contribution in [0, 0.1) is 0 Å². The number of nitrogens with zero attached hydrogens (tertiary/aromatic N) is 5. The Morgan fingerprint density at radius 2 is 1.81 bits per heavy atom. The zero-order chi connectivity index (χ0) is 17.8. The summed E-state index contributed by atoms with van der Waals surface area (Å²) in [5, 5.41) is 0. The zero-order valence-corrected chi connectivity index (χ0v) is 14.7. The van der Waals surface area contributed by atoms with Crippen LogP contribution in [0.3, 0.4) is 0 Å². The number of pyridine rings is 1. The van der Waals surface area contributed by atoms with E-state index < -0.39 is 0 Å². The van der Waals surface area contributed by atoms with Gasteiger partial charge in [-0.05, 0) is 24.3 Å². The number of hydrogen-bond acceptors (Lipinski definition) is 4. The second-order valence-electron chi connectivity index (χ2n) is 6.86. The molecule has 1 aliphatic carbocycles. The fourth-order valence-corrected chi connectivity index (χ4v) is 3.74. The molecule has 132 valence electrons. The lowest BCUT2D eigenvalue weighted by molar-refractivity contribution is 0.0595. The fourth-order valence-electron chi connectivity index (χ4n) is 3.74. The number of rotatable bonds is 3. The maximum atomic E-state index is 12.6. The van der Waals surface area contributed by atoms with Crippen molar-refractivity contribution in [2.75, 3.05) is 0 Å². The van der Waals surface area contributed by atoms with Crippen LogP contribution in [0.15, 0.2) is 47.4 Å². The number of fused-ring (bicyclic) bond motifs is 2. The van der Waals surface area contributed by atoms with Crippen LogP contribution in [0.5, 0.6) is 6.01 Å². The summed E-state index contributed by atoms with van der Waals surface area (Å²) in [6.45, 7) is 0. The van der Waals surface area contributed by atoms with E-state index in [4.69, 9.17) is 4.74 Å². The predicted octanol–water partition coefficient (Wildman–Crippen LogP) is 2.40. The van der Waals surface area contributed by atoms with E-state index in [1.807, 2.05) is 48.0 Å². The van der Waals surface area contributed by atoms with Crippen molar-refractivity contribution in [3.05, 3.63) is 53.1 Å². The van der Waals surface area contributed by atoms with Gasteiger partial charge < -0.3 is 4.74 Å². The molecule has 0 aliphatic heterocycles. The van der Waals surface area contributed by atoms with Gasteiger partial charge in [0.2, 0.25) is 0 Å². The van der Waals surface area contributed by atoms with E-state index >= 15 is 0 Å². The number of para-hydroxylation sites is 2. The molecule has 0 amide bonds. The van der Waals surface area contributed by atoms with E-state index in [-0.39, 0.29) is 17.8 Å². The minimum Gasteiger partial charge on any atom is -0.461 e. The summed E-state index contributed by atoms with van der Waals surface area (Å²) >= 11 is 0. The topological polar surface area (TPSA) is 66.9 Å². The van der Waals surface area contributed by atoms with Crippen LogP contribution >= 0.6 is 0 Å². The molecule has 1 aliphatic rings. The maximum absolute atomic E-state index is 12.6. The molecule has 0 bridgehead atoms. The number of aryl methyl sites for hydroxylation is 2. The summed E-state index contributed by atoms with van der Waals surface area (Å²) < 4.78 is 11.5.